The molecular formula is C10H14N-. The fourth-order valence-electron chi connectivity index (χ4n) is 0.996. The highest BCUT2D eigenvalue weighted by atomic mass is 14.8. The van der Waals surface area contributed by atoms with E-state index in [0.29, 0.717) is 0 Å². The van der Waals surface area contributed by atoms with Crippen molar-refractivity contribution in [1.82, 2.24) is 0 Å². The van der Waals surface area contributed by atoms with E-state index in [1.165, 1.54) is 11.1 Å². The van der Waals surface area contributed by atoms with Crippen LogP contribution in [0.2, 0.25) is 0 Å². The molecule has 0 unspecified atom stereocenters. The Kier molecular flexibility index (Phi) is 3.12. The molecule has 60 valence electrons. The molecule has 0 amide bonds. The van der Waals surface area contributed by atoms with Gasteiger partial charge in [-0.25, -0.2) is 0 Å². The Labute approximate surface area is 68.4 Å². The lowest BCUT2D eigenvalue weighted by Crippen LogP contribution is -1.89. The van der Waals surface area contributed by atoms with Crippen LogP contribution in [-0.4, -0.2) is 13.6 Å². The van der Waals surface area contributed by atoms with Crippen LogP contribution in [0.15, 0.2) is 24.3 Å². The lowest BCUT2D eigenvalue weighted by atomic mass is 10.1. The lowest BCUT2D eigenvalue weighted by Gasteiger charge is -2.09. The van der Waals surface area contributed by atoms with E-state index < -0.39 is 0 Å². The second-order valence-corrected chi connectivity index (χ2v) is 2.78. The van der Waals surface area contributed by atoms with E-state index in [4.69, 9.17) is 0 Å². The smallest absolute Gasteiger partial charge is 0.0398 e. The van der Waals surface area contributed by atoms with Crippen molar-refractivity contribution in [2.45, 2.75) is 13.3 Å². The number of benzene rings is 1. The first-order valence-corrected chi connectivity index (χ1v) is 3.94. The van der Waals surface area contributed by atoms with Gasteiger partial charge in [0.1, 0.15) is 0 Å². The van der Waals surface area contributed by atoms with Crippen LogP contribution in [0.1, 0.15) is 11.1 Å². The molecule has 1 rings (SSSR count). The average Bonchev–Trinajstić information content (AvgIpc) is 2.04. The highest BCUT2D eigenvalue weighted by molar-refractivity contribution is 5.21. The van der Waals surface area contributed by atoms with E-state index in [2.05, 4.69) is 36.5 Å². The maximum absolute atomic E-state index is 4.05. The molecule has 0 heterocycles. The monoisotopic (exact) mass is 148 g/mol. The van der Waals surface area contributed by atoms with Gasteiger partial charge in [0, 0.05) is 0 Å². The average molecular weight is 148 g/mol. The molecule has 0 spiro atoms. The van der Waals surface area contributed by atoms with Gasteiger partial charge < -0.3 is 5.32 Å². The molecule has 1 aromatic carbocycles. The number of aryl methyl sites for hydroxylation is 1. The molecule has 0 bridgehead atoms. The summed E-state index contributed by atoms with van der Waals surface area (Å²) in [5, 5.41) is 4.05. The highest BCUT2D eigenvalue weighted by Crippen LogP contribution is 2.04. The predicted octanol–water partition coefficient (Wildman–Crippen LogP) is 2.54. The molecule has 0 saturated carbocycles. The van der Waals surface area contributed by atoms with Crippen molar-refractivity contribution >= 4 is 0 Å². The van der Waals surface area contributed by atoms with Gasteiger partial charge >= 0.3 is 0 Å². The molecule has 1 aromatic rings. The molecule has 0 atom stereocenters. The van der Waals surface area contributed by atoms with Gasteiger partial charge in [-0.05, 0) is 18.9 Å². The van der Waals surface area contributed by atoms with E-state index in [1.807, 2.05) is 7.05 Å². The van der Waals surface area contributed by atoms with Crippen LogP contribution >= 0.6 is 0 Å². The normalized spacial score (nSPS) is 10.0. The first-order chi connectivity index (χ1) is 5.33. The Morgan fingerprint density at radius 1 is 1.18 bits per heavy atom. The van der Waals surface area contributed by atoms with Crippen LogP contribution < -0.4 is 0 Å². The number of hydrogen-bond donors (Lipinski definition) is 0. The molecule has 1 heteroatoms. The molecule has 0 saturated heterocycles. The summed E-state index contributed by atoms with van der Waals surface area (Å²) >= 11 is 0. The molecule has 0 aliphatic carbocycles. The number of rotatable bonds is 3. The zero-order chi connectivity index (χ0) is 8.10. The van der Waals surface area contributed by atoms with E-state index in [9.17, 15) is 0 Å². The van der Waals surface area contributed by atoms with Crippen molar-refractivity contribution < 1.29 is 0 Å². The molecule has 11 heavy (non-hydrogen) atoms. The lowest BCUT2D eigenvalue weighted by molar-refractivity contribution is 1.04. The third-order valence-electron chi connectivity index (χ3n) is 1.74. The number of likely N-dealkylation sites (N-methyl/N-ethyl adjacent to an activating group) is 1. The minimum Gasteiger partial charge on any atom is -0.665 e. The van der Waals surface area contributed by atoms with E-state index in [0.717, 1.165) is 13.0 Å². The fraction of sp³-hybridized carbons (Fsp3) is 0.400. The minimum absolute atomic E-state index is 0.934. The molecular weight excluding hydrogens is 134 g/mol. The summed E-state index contributed by atoms with van der Waals surface area (Å²) in [7, 11) is 1.86. The van der Waals surface area contributed by atoms with Crippen LogP contribution in [0, 0.1) is 6.92 Å². The van der Waals surface area contributed by atoms with Crippen LogP contribution in [0.3, 0.4) is 0 Å². The Hall–Kier alpha value is -0.820. The summed E-state index contributed by atoms with van der Waals surface area (Å²) in [4.78, 5) is 0. The molecule has 0 aromatic heterocycles. The first kappa shape index (κ1) is 8.28. The third-order valence-corrected chi connectivity index (χ3v) is 1.74. The zero-order valence-electron chi connectivity index (χ0n) is 7.17. The first-order valence-electron chi connectivity index (χ1n) is 3.94. The van der Waals surface area contributed by atoms with Crippen molar-refractivity contribution in [3.8, 4) is 0 Å². The summed E-state index contributed by atoms with van der Waals surface area (Å²) in [5.74, 6) is 0. The van der Waals surface area contributed by atoms with Crippen LogP contribution in [0.4, 0.5) is 0 Å². The Balaban J connectivity index is 2.52. The van der Waals surface area contributed by atoms with Crippen molar-refractivity contribution in [1.29, 1.82) is 0 Å². The zero-order valence-corrected chi connectivity index (χ0v) is 7.17. The van der Waals surface area contributed by atoms with Crippen molar-refractivity contribution in [3.63, 3.8) is 0 Å². The minimum atomic E-state index is 0.934. The molecule has 0 radical (unpaired) electrons. The van der Waals surface area contributed by atoms with E-state index >= 15 is 0 Å². The fourth-order valence-corrected chi connectivity index (χ4v) is 0.996. The molecule has 1 nitrogen and oxygen atoms in total. The van der Waals surface area contributed by atoms with Gasteiger partial charge in [0.15, 0.2) is 0 Å². The Morgan fingerprint density at radius 2 is 1.82 bits per heavy atom. The molecule has 0 aliphatic rings. The summed E-state index contributed by atoms with van der Waals surface area (Å²) in [6, 6.07) is 8.62. The second-order valence-electron chi connectivity index (χ2n) is 2.78. The summed E-state index contributed by atoms with van der Waals surface area (Å²) < 4.78 is 0. The van der Waals surface area contributed by atoms with Crippen LogP contribution in [0.25, 0.3) is 5.32 Å². The molecule has 0 aliphatic heterocycles. The van der Waals surface area contributed by atoms with Crippen molar-refractivity contribution in [2.24, 2.45) is 0 Å². The summed E-state index contributed by atoms with van der Waals surface area (Å²) in [6.45, 7) is 3.04. The Bertz CT molecular complexity index is 201. The SMILES string of the molecule is C[N-]CCc1ccc(C)cc1. The quantitative estimate of drug-likeness (QED) is 0.625. The Morgan fingerprint density at radius 3 is 2.36 bits per heavy atom. The van der Waals surface area contributed by atoms with Gasteiger partial charge in [-0.1, -0.05) is 29.8 Å². The van der Waals surface area contributed by atoms with Gasteiger partial charge in [-0.2, -0.15) is 7.05 Å². The van der Waals surface area contributed by atoms with Crippen molar-refractivity contribution in [3.05, 3.63) is 40.7 Å². The second kappa shape index (κ2) is 4.14. The highest BCUT2D eigenvalue weighted by Gasteiger charge is 1.86. The van der Waals surface area contributed by atoms with E-state index in [1.54, 1.807) is 0 Å². The van der Waals surface area contributed by atoms with Crippen LogP contribution in [0.5, 0.6) is 0 Å². The standard InChI is InChI=1S/C10H14N/c1-9-3-5-10(6-4-9)7-8-11-2/h3-6H,7-8H2,1-2H3/q-1. The van der Waals surface area contributed by atoms with Gasteiger partial charge in [0.25, 0.3) is 0 Å². The maximum Gasteiger partial charge on any atom is -0.0398 e. The van der Waals surface area contributed by atoms with E-state index in [-0.39, 0.29) is 0 Å². The molecule has 0 fully saturated rings. The molecule has 0 N–H and O–H groups in total. The summed E-state index contributed by atoms with van der Waals surface area (Å²) in [6.07, 6.45) is 1.07. The van der Waals surface area contributed by atoms with Gasteiger partial charge in [0.2, 0.25) is 0 Å². The van der Waals surface area contributed by atoms with Crippen molar-refractivity contribution in [2.75, 3.05) is 13.6 Å². The summed E-state index contributed by atoms with van der Waals surface area (Å²) in [5.41, 5.74) is 2.70. The van der Waals surface area contributed by atoms with Gasteiger partial charge in [0.05, 0.1) is 0 Å². The van der Waals surface area contributed by atoms with Crippen LogP contribution in [-0.2, 0) is 6.42 Å². The topological polar surface area (TPSA) is 14.1 Å². The number of hydrogen-bond acceptors (Lipinski definition) is 0. The predicted molar refractivity (Wildman–Crippen MR) is 49.0 cm³/mol. The van der Waals surface area contributed by atoms with Gasteiger partial charge in [-0.15, -0.1) is 6.54 Å². The van der Waals surface area contributed by atoms with Gasteiger partial charge in [-0.3, -0.25) is 0 Å². The third kappa shape index (κ3) is 2.72. The maximum atomic E-state index is 4.05. The number of nitrogens with zero attached hydrogens (tertiary/aromatic N) is 1. The largest absolute Gasteiger partial charge is 0.665 e.